The highest BCUT2D eigenvalue weighted by Gasteiger charge is 2.52. The van der Waals surface area contributed by atoms with E-state index in [2.05, 4.69) is 10.6 Å². The minimum absolute atomic E-state index is 0.198. The molecule has 1 aromatic rings. The van der Waals surface area contributed by atoms with Crippen LogP contribution in [0.15, 0.2) is 24.3 Å². The van der Waals surface area contributed by atoms with Gasteiger partial charge in [-0.1, -0.05) is 45.9 Å². The third-order valence-electron chi connectivity index (χ3n) is 5.33. The number of nitrogens with one attached hydrogen (secondary N) is 2. The van der Waals surface area contributed by atoms with Crippen molar-refractivity contribution >= 4 is 23.5 Å². The van der Waals surface area contributed by atoms with Gasteiger partial charge in [-0.15, -0.1) is 0 Å². The first kappa shape index (κ1) is 20.9. The second-order valence-corrected chi connectivity index (χ2v) is 7.93. The highest BCUT2D eigenvalue weighted by atomic mass is 16.4. The molecule has 0 radical (unpaired) electrons. The SMILES string of the molecule is CNC(C)C(=O)NC(C(=O)N1c2ccccc2C(C)(C)C1C(=O)O)C(C)C. The van der Waals surface area contributed by atoms with E-state index in [4.69, 9.17) is 0 Å². The molecule has 1 heterocycles. The van der Waals surface area contributed by atoms with Crippen LogP contribution in [0.3, 0.4) is 0 Å². The molecule has 0 aliphatic carbocycles. The van der Waals surface area contributed by atoms with Crippen LogP contribution < -0.4 is 15.5 Å². The zero-order valence-electron chi connectivity index (χ0n) is 16.7. The summed E-state index contributed by atoms with van der Waals surface area (Å²) in [6.45, 7) is 9.00. The van der Waals surface area contributed by atoms with Crippen LogP contribution in [-0.2, 0) is 19.8 Å². The summed E-state index contributed by atoms with van der Waals surface area (Å²) in [6.07, 6.45) is 0. The molecule has 1 aromatic carbocycles. The molecule has 7 nitrogen and oxygen atoms in total. The van der Waals surface area contributed by atoms with Crippen molar-refractivity contribution in [1.82, 2.24) is 10.6 Å². The van der Waals surface area contributed by atoms with Crippen molar-refractivity contribution in [3.8, 4) is 0 Å². The Hall–Kier alpha value is -2.41. The number of aliphatic carboxylic acids is 1. The molecule has 27 heavy (non-hydrogen) atoms. The molecule has 0 spiro atoms. The molecule has 2 amide bonds. The first-order valence-electron chi connectivity index (χ1n) is 9.17. The van der Waals surface area contributed by atoms with E-state index in [1.54, 1.807) is 26.1 Å². The molecule has 3 atom stereocenters. The fraction of sp³-hybridized carbons (Fsp3) is 0.550. The lowest BCUT2D eigenvalue weighted by atomic mass is 9.80. The molecular weight excluding hydrogens is 346 g/mol. The smallest absolute Gasteiger partial charge is 0.327 e. The highest BCUT2D eigenvalue weighted by molar-refractivity contribution is 6.07. The van der Waals surface area contributed by atoms with Gasteiger partial charge in [0.1, 0.15) is 12.1 Å². The van der Waals surface area contributed by atoms with Gasteiger partial charge in [0, 0.05) is 11.1 Å². The predicted octanol–water partition coefficient (Wildman–Crippen LogP) is 1.51. The van der Waals surface area contributed by atoms with Crippen LogP contribution in [0.4, 0.5) is 5.69 Å². The highest BCUT2D eigenvalue weighted by Crippen LogP contribution is 2.45. The van der Waals surface area contributed by atoms with Gasteiger partial charge >= 0.3 is 5.97 Å². The van der Waals surface area contributed by atoms with Gasteiger partial charge in [-0.05, 0) is 31.5 Å². The fourth-order valence-corrected chi connectivity index (χ4v) is 3.58. The number of hydrogen-bond donors (Lipinski definition) is 3. The Labute approximate surface area is 160 Å². The molecule has 1 aliphatic heterocycles. The molecule has 0 aromatic heterocycles. The van der Waals surface area contributed by atoms with Gasteiger partial charge in [0.25, 0.3) is 5.91 Å². The Morgan fingerprint density at radius 2 is 1.74 bits per heavy atom. The van der Waals surface area contributed by atoms with Gasteiger partial charge in [0.05, 0.1) is 6.04 Å². The van der Waals surface area contributed by atoms with Crippen LogP contribution in [-0.4, -0.2) is 48.1 Å². The number of fused-ring (bicyclic) bond motifs is 1. The summed E-state index contributed by atoms with van der Waals surface area (Å²) >= 11 is 0. The minimum atomic E-state index is -1.07. The monoisotopic (exact) mass is 375 g/mol. The molecule has 0 fully saturated rings. The Balaban J connectivity index is 2.47. The van der Waals surface area contributed by atoms with Gasteiger partial charge in [0.15, 0.2) is 0 Å². The Kier molecular flexibility index (Phi) is 5.94. The third-order valence-corrected chi connectivity index (χ3v) is 5.33. The maximum atomic E-state index is 13.4. The largest absolute Gasteiger partial charge is 0.480 e. The molecule has 3 N–H and O–H groups in total. The van der Waals surface area contributed by atoms with Crippen LogP contribution in [0, 0.1) is 5.92 Å². The normalized spacial score (nSPS) is 20.1. The number of carboxylic acid groups (broad SMARTS) is 1. The average Bonchev–Trinajstić information content (AvgIpc) is 2.85. The molecule has 148 valence electrons. The van der Waals surface area contributed by atoms with E-state index in [0.717, 1.165) is 5.56 Å². The zero-order valence-corrected chi connectivity index (χ0v) is 16.7. The molecule has 0 saturated carbocycles. The lowest BCUT2D eigenvalue weighted by Crippen LogP contribution is -2.59. The lowest BCUT2D eigenvalue weighted by molar-refractivity contribution is -0.141. The molecule has 1 aliphatic rings. The summed E-state index contributed by atoms with van der Waals surface area (Å²) in [5.74, 6) is -1.98. The van der Waals surface area contributed by atoms with E-state index in [1.807, 2.05) is 39.8 Å². The molecule has 7 heteroatoms. The van der Waals surface area contributed by atoms with Crippen LogP contribution in [0.2, 0.25) is 0 Å². The third kappa shape index (κ3) is 3.69. The molecular formula is C20H29N3O4. The number of hydrogen-bond acceptors (Lipinski definition) is 4. The van der Waals surface area contributed by atoms with Gasteiger partial charge < -0.3 is 15.7 Å². The summed E-state index contributed by atoms with van der Waals surface area (Å²) in [5, 5.41) is 15.5. The molecule has 0 saturated heterocycles. The molecule has 2 rings (SSSR count). The van der Waals surface area contributed by atoms with E-state index in [1.165, 1.54) is 4.90 Å². The van der Waals surface area contributed by atoms with E-state index in [0.29, 0.717) is 5.69 Å². The Morgan fingerprint density at radius 3 is 2.26 bits per heavy atom. The average molecular weight is 375 g/mol. The van der Waals surface area contributed by atoms with Crippen LogP contribution in [0.5, 0.6) is 0 Å². The number of carbonyl (C=O) groups excluding carboxylic acids is 2. The Morgan fingerprint density at radius 1 is 1.15 bits per heavy atom. The van der Waals surface area contributed by atoms with Gasteiger partial charge in [0.2, 0.25) is 5.91 Å². The maximum Gasteiger partial charge on any atom is 0.327 e. The number of benzene rings is 1. The summed E-state index contributed by atoms with van der Waals surface area (Å²) in [4.78, 5) is 39.2. The molecule has 3 unspecified atom stereocenters. The summed E-state index contributed by atoms with van der Waals surface area (Å²) in [7, 11) is 1.66. The number of nitrogens with zero attached hydrogens (tertiary/aromatic N) is 1. The Bertz CT molecular complexity index is 744. The van der Waals surface area contributed by atoms with Crippen LogP contribution in [0.25, 0.3) is 0 Å². The fourth-order valence-electron chi connectivity index (χ4n) is 3.58. The number of carbonyl (C=O) groups is 3. The predicted molar refractivity (Wildman–Crippen MR) is 104 cm³/mol. The first-order chi connectivity index (χ1) is 12.5. The van der Waals surface area contributed by atoms with Crippen molar-refractivity contribution in [3.05, 3.63) is 29.8 Å². The van der Waals surface area contributed by atoms with Crippen LogP contribution in [0.1, 0.15) is 40.2 Å². The van der Waals surface area contributed by atoms with Crippen molar-refractivity contribution in [2.75, 3.05) is 11.9 Å². The van der Waals surface area contributed by atoms with E-state index < -0.39 is 35.4 Å². The quantitative estimate of drug-likeness (QED) is 0.700. The van der Waals surface area contributed by atoms with E-state index >= 15 is 0 Å². The van der Waals surface area contributed by atoms with Crippen molar-refractivity contribution in [2.45, 2.75) is 58.2 Å². The zero-order chi connectivity index (χ0) is 20.5. The number of anilines is 1. The van der Waals surface area contributed by atoms with Gasteiger partial charge in [-0.2, -0.15) is 0 Å². The van der Waals surface area contributed by atoms with Crippen molar-refractivity contribution < 1.29 is 19.5 Å². The van der Waals surface area contributed by atoms with Gasteiger partial charge in [-0.3, -0.25) is 14.5 Å². The number of para-hydroxylation sites is 1. The maximum absolute atomic E-state index is 13.4. The standard InChI is InChI=1S/C20H29N3O4/c1-11(2)15(22-17(24)12(3)21-6)18(25)23-14-10-8-7-9-13(14)20(4,5)16(23)19(26)27/h7-12,15-16,21H,1-6H3,(H,22,24)(H,26,27). The van der Waals surface area contributed by atoms with Crippen molar-refractivity contribution in [2.24, 2.45) is 5.92 Å². The van der Waals surface area contributed by atoms with Crippen molar-refractivity contribution in [1.29, 1.82) is 0 Å². The number of carboxylic acids is 1. The second-order valence-electron chi connectivity index (χ2n) is 7.93. The summed E-state index contributed by atoms with van der Waals surface area (Å²) in [6, 6.07) is 4.91. The number of likely N-dealkylation sites (N-methyl/N-ethyl adjacent to an activating group) is 1. The summed E-state index contributed by atoms with van der Waals surface area (Å²) < 4.78 is 0. The summed E-state index contributed by atoms with van der Waals surface area (Å²) in [5.41, 5.74) is 0.645. The minimum Gasteiger partial charge on any atom is -0.480 e. The first-order valence-corrected chi connectivity index (χ1v) is 9.17. The second kappa shape index (κ2) is 7.68. The van der Waals surface area contributed by atoms with E-state index in [9.17, 15) is 19.5 Å². The number of rotatable bonds is 6. The topological polar surface area (TPSA) is 98.7 Å². The molecule has 0 bridgehead atoms. The number of amides is 2. The van der Waals surface area contributed by atoms with Crippen molar-refractivity contribution in [3.63, 3.8) is 0 Å². The van der Waals surface area contributed by atoms with Crippen LogP contribution >= 0.6 is 0 Å². The van der Waals surface area contributed by atoms with E-state index in [-0.39, 0.29) is 11.8 Å². The van der Waals surface area contributed by atoms with Gasteiger partial charge in [-0.25, -0.2) is 4.79 Å². The lowest BCUT2D eigenvalue weighted by Gasteiger charge is -2.33.